The topological polar surface area (TPSA) is 12.0 Å². The Bertz CT molecular complexity index is 656. The first-order chi connectivity index (χ1) is 10.1. The lowest BCUT2D eigenvalue weighted by Gasteiger charge is -2.10. The molecule has 0 atom stereocenters. The Balaban J connectivity index is 1.80. The van der Waals surface area contributed by atoms with Gasteiger partial charge in [0.25, 0.3) is 0 Å². The average Bonchev–Trinajstić information content (AvgIpc) is 3.27. The first kappa shape index (κ1) is 14.5. The van der Waals surface area contributed by atoms with E-state index in [2.05, 4.69) is 5.32 Å². The van der Waals surface area contributed by atoms with Crippen LogP contribution in [0.5, 0.6) is 0 Å². The minimum absolute atomic E-state index is 0.294. The summed E-state index contributed by atoms with van der Waals surface area (Å²) in [7, 11) is 0. The van der Waals surface area contributed by atoms with Crippen LogP contribution in [0.25, 0.3) is 0 Å². The van der Waals surface area contributed by atoms with Gasteiger partial charge in [-0.2, -0.15) is 0 Å². The molecule has 21 heavy (non-hydrogen) atoms. The average molecular weight is 309 g/mol. The van der Waals surface area contributed by atoms with Crippen molar-refractivity contribution in [3.8, 4) is 0 Å². The van der Waals surface area contributed by atoms with Crippen LogP contribution in [-0.4, -0.2) is 6.04 Å². The summed E-state index contributed by atoms with van der Waals surface area (Å²) >= 11 is 1.30. The molecule has 3 rings (SSSR count). The van der Waals surface area contributed by atoms with Crippen LogP contribution in [0.3, 0.4) is 0 Å². The molecule has 0 amide bonds. The summed E-state index contributed by atoms with van der Waals surface area (Å²) in [6.07, 6.45) is 2.31. The van der Waals surface area contributed by atoms with E-state index in [1.54, 1.807) is 6.07 Å². The van der Waals surface area contributed by atoms with Gasteiger partial charge in [0.2, 0.25) is 0 Å². The monoisotopic (exact) mass is 309 g/mol. The molecule has 0 unspecified atom stereocenters. The smallest absolute Gasteiger partial charge is 0.159 e. The lowest BCUT2D eigenvalue weighted by atomic mass is 10.2. The highest BCUT2D eigenvalue weighted by atomic mass is 32.2. The lowest BCUT2D eigenvalue weighted by molar-refractivity contribution is 0.506. The highest BCUT2D eigenvalue weighted by Gasteiger charge is 2.20. The van der Waals surface area contributed by atoms with E-state index in [-0.39, 0.29) is 5.82 Å². The summed E-state index contributed by atoms with van der Waals surface area (Å²) < 4.78 is 39.6. The molecule has 1 N–H and O–H groups in total. The number of benzene rings is 2. The van der Waals surface area contributed by atoms with Gasteiger partial charge in [-0.25, -0.2) is 13.2 Å². The third-order valence-corrected chi connectivity index (χ3v) is 4.41. The zero-order valence-electron chi connectivity index (χ0n) is 11.2. The Morgan fingerprint density at radius 3 is 2.52 bits per heavy atom. The second-order valence-corrected chi connectivity index (χ2v) is 6.20. The maximum absolute atomic E-state index is 13.4. The molecule has 1 saturated carbocycles. The number of hydrogen-bond donors (Lipinski definition) is 1. The summed E-state index contributed by atoms with van der Waals surface area (Å²) in [5.74, 6) is -2.04. The van der Waals surface area contributed by atoms with Crippen molar-refractivity contribution in [1.82, 2.24) is 5.32 Å². The zero-order chi connectivity index (χ0) is 14.8. The summed E-state index contributed by atoms with van der Waals surface area (Å²) in [6.45, 7) is 0.578. The summed E-state index contributed by atoms with van der Waals surface area (Å²) in [5, 5.41) is 3.33. The van der Waals surface area contributed by atoms with Crippen LogP contribution in [0.2, 0.25) is 0 Å². The van der Waals surface area contributed by atoms with Crippen molar-refractivity contribution < 1.29 is 13.2 Å². The number of halogens is 3. The number of rotatable bonds is 5. The van der Waals surface area contributed by atoms with Crippen molar-refractivity contribution in [1.29, 1.82) is 0 Å². The molecule has 0 saturated heterocycles. The Morgan fingerprint density at radius 2 is 1.81 bits per heavy atom. The number of hydrogen-bond acceptors (Lipinski definition) is 2. The molecule has 5 heteroatoms. The van der Waals surface area contributed by atoms with Crippen LogP contribution in [0.15, 0.2) is 46.2 Å². The third kappa shape index (κ3) is 3.80. The molecule has 2 aromatic carbocycles. The summed E-state index contributed by atoms with van der Waals surface area (Å²) in [4.78, 5) is 1.43. The molecule has 1 fully saturated rings. The van der Waals surface area contributed by atoms with Gasteiger partial charge in [-0.15, -0.1) is 0 Å². The number of nitrogens with one attached hydrogen (secondary N) is 1. The Morgan fingerprint density at radius 1 is 1.00 bits per heavy atom. The molecule has 0 aromatic heterocycles. The molecule has 1 nitrogen and oxygen atoms in total. The Hall–Kier alpha value is -1.46. The molecule has 0 radical (unpaired) electrons. The van der Waals surface area contributed by atoms with Crippen LogP contribution in [0.1, 0.15) is 18.4 Å². The largest absolute Gasteiger partial charge is 0.310 e. The van der Waals surface area contributed by atoms with Gasteiger partial charge in [0, 0.05) is 22.4 Å². The Kier molecular flexibility index (Phi) is 4.22. The minimum Gasteiger partial charge on any atom is -0.310 e. The molecular weight excluding hydrogens is 295 g/mol. The van der Waals surface area contributed by atoms with E-state index in [0.717, 1.165) is 35.4 Å². The molecular formula is C16H14F3NS. The van der Waals surface area contributed by atoms with Crippen molar-refractivity contribution in [3.63, 3.8) is 0 Å². The molecule has 0 aliphatic heterocycles. The molecule has 110 valence electrons. The van der Waals surface area contributed by atoms with Crippen molar-refractivity contribution in [3.05, 3.63) is 59.4 Å². The van der Waals surface area contributed by atoms with E-state index >= 15 is 0 Å². The lowest BCUT2D eigenvalue weighted by Crippen LogP contribution is -2.15. The second kappa shape index (κ2) is 6.12. The van der Waals surface area contributed by atoms with Crippen molar-refractivity contribution in [2.45, 2.75) is 35.2 Å². The SMILES string of the molecule is Fc1ccc(Sc2ccc(F)c(F)c2)c(CNC2CC2)c1. The van der Waals surface area contributed by atoms with Gasteiger partial charge in [-0.1, -0.05) is 11.8 Å². The molecule has 1 aliphatic carbocycles. The molecule has 0 spiro atoms. The quantitative estimate of drug-likeness (QED) is 0.872. The highest BCUT2D eigenvalue weighted by molar-refractivity contribution is 7.99. The zero-order valence-corrected chi connectivity index (χ0v) is 12.0. The fourth-order valence-corrected chi connectivity index (χ4v) is 2.95. The molecule has 2 aromatic rings. The van der Waals surface area contributed by atoms with E-state index in [4.69, 9.17) is 0 Å². The fraction of sp³-hybridized carbons (Fsp3) is 0.250. The van der Waals surface area contributed by atoms with Crippen molar-refractivity contribution >= 4 is 11.8 Å². The van der Waals surface area contributed by atoms with Crippen LogP contribution in [-0.2, 0) is 6.54 Å². The van der Waals surface area contributed by atoms with Gasteiger partial charge in [0.15, 0.2) is 11.6 Å². The van der Waals surface area contributed by atoms with Gasteiger partial charge in [0.05, 0.1) is 0 Å². The maximum atomic E-state index is 13.4. The fourth-order valence-electron chi connectivity index (χ4n) is 1.99. The maximum Gasteiger partial charge on any atom is 0.159 e. The van der Waals surface area contributed by atoms with Crippen LogP contribution < -0.4 is 5.32 Å². The van der Waals surface area contributed by atoms with Gasteiger partial charge in [0.1, 0.15) is 5.82 Å². The highest BCUT2D eigenvalue weighted by Crippen LogP contribution is 2.32. The van der Waals surface area contributed by atoms with Crippen LogP contribution in [0.4, 0.5) is 13.2 Å². The first-order valence-electron chi connectivity index (χ1n) is 6.76. The second-order valence-electron chi connectivity index (χ2n) is 5.09. The summed E-state index contributed by atoms with van der Waals surface area (Å²) in [5.41, 5.74) is 0.830. The van der Waals surface area contributed by atoms with Gasteiger partial charge in [-0.3, -0.25) is 0 Å². The van der Waals surface area contributed by atoms with Crippen LogP contribution >= 0.6 is 11.8 Å². The van der Waals surface area contributed by atoms with E-state index in [1.165, 1.54) is 30.0 Å². The van der Waals surface area contributed by atoms with E-state index in [1.807, 2.05) is 0 Å². The van der Waals surface area contributed by atoms with Crippen LogP contribution in [0, 0.1) is 17.5 Å². The van der Waals surface area contributed by atoms with Crippen molar-refractivity contribution in [2.75, 3.05) is 0 Å². The standard InChI is InChI=1S/C16H14F3NS/c17-11-1-6-16(10(7-11)9-20-12-2-3-12)21-13-4-5-14(18)15(19)8-13/h1,4-8,12,20H,2-3,9H2. The van der Waals surface area contributed by atoms with Gasteiger partial charge < -0.3 is 5.32 Å². The predicted octanol–water partition coefficient (Wildman–Crippen LogP) is 4.51. The van der Waals surface area contributed by atoms with Gasteiger partial charge in [-0.05, 0) is 54.8 Å². The van der Waals surface area contributed by atoms with E-state index < -0.39 is 11.6 Å². The van der Waals surface area contributed by atoms with E-state index in [0.29, 0.717) is 17.5 Å². The Labute approximate surface area is 125 Å². The summed E-state index contributed by atoms with van der Waals surface area (Å²) in [6, 6.07) is 8.83. The predicted molar refractivity (Wildman–Crippen MR) is 76.7 cm³/mol. The van der Waals surface area contributed by atoms with E-state index in [9.17, 15) is 13.2 Å². The molecule has 0 heterocycles. The molecule has 0 bridgehead atoms. The van der Waals surface area contributed by atoms with Gasteiger partial charge >= 0.3 is 0 Å². The third-order valence-electron chi connectivity index (χ3n) is 3.30. The first-order valence-corrected chi connectivity index (χ1v) is 7.58. The van der Waals surface area contributed by atoms with Crippen molar-refractivity contribution in [2.24, 2.45) is 0 Å². The minimum atomic E-state index is -0.875. The normalized spacial score (nSPS) is 14.4. The molecule has 1 aliphatic rings.